The molecule has 1 aromatic carbocycles. The first kappa shape index (κ1) is 16.3. The van der Waals surface area contributed by atoms with Crippen molar-refractivity contribution in [3.63, 3.8) is 0 Å². The minimum Gasteiger partial charge on any atom is -0.378 e. The van der Waals surface area contributed by atoms with Crippen molar-refractivity contribution in [1.29, 1.82) is 0 Å². The van der Waals surface area contributed by atoms with Crippen LogP contribution >= 0.6 is 11.6 Å². The predicted octanol–water partition coefficient (Wildman–Crippen LogP) is 3.03. The number of benzene rings is 1. The number of pyridine rings is 1. The summed E-state index contributed by atoms with van der Waals surface area (Å²) in [7, 11) is 3.94. The molecule has 0 unspecified atom stereocenters. The largest absolute Gasteiger partial charge is 0.378 e. The minimum absolute atomic E-state index is 0.0767. The smallest absolute Gasteiger partial charge is 0.251 e. The number of hydrogen-bond donors (Lipinski definition) is 1. The quantitative estimate of drug-likeness (QED) is 0.775. The molecule has 5 nitrogen and oxygen atoms in total. The normalized spacial score (nSPS) is 10.8. The molecule has 1 amide bonds. The monoisotopic (exact) mass is 342 g/mol. The van der Waals surface area contributed by atoms with Gasteiger partial charge in [0.25, 0.3) is 5.91 Å². The molecule has 0 aliphatic carbocycles. The lowest BCUT2D eigenvalue weighted by Crippen LogP contribution is -2.25. The number of nitrogens with one attached hydrogen (secondary N) is 1. The van der Waals surface area contributed by atoms with Crippen molar-refractivity contribution in [2.45, 2.75) is 6.42 Å². The van der Waals surface area contributed by atoms with Gasteiger partial charge in [0.05, 0.1) is 10.7 Å². The van der Waals surface area contributed by atoms with E-state index in [0.717, 1.165) is 17.0 Å². The molecule has 2 aromatic heterocycles. The van der Waals surface area contributed by atoms with Gasteiger partial charge in [0, 0.05) is 50.7 Å². The summed E-state index contributed by atoms with van der Waals surface area (Å²) in [4.78, 5) is 18.7. The second kappa shape index (κ2) is 6.93. The molecule has 0 saturated carbocycles. The van der Waals surface area contributed by atoms with E-state index in [1.165, 1.54) is 0 Å². The highest BCUT2D eigenvalue weighted by molar-refractivity contribution is 6.30. The highest BCUT2D eigenvalue weighted by atomic mass is 35.5. The molecule has 1 N–H and O–H groups in total. The number of aromatic nitrogens is 2. The van der Waals surface area contributed by atoms with Gasteiger partial charge in [-0.1, -0.05) is 11.6 Å². The van der Waals surface area contributed by atoms with Gasteiger partial charge in [0.1, 0.15) is 5.65 Å². The number of fused-ring (bicyclic) bond motifs is 1. The average molecular weight is 343 g/mol. The van der Waals surface area contributed by atoms with Gasteiger partial charge in [-0.3, -0.25) is 4.79 Å². The molecule has 0 saturated heterocycles. The Hall–Kier alpha value is -2.53. The van der Waals surface area contributed by atoms with Gasteiger partial charge in [-0.25, -0.2) is 4.98 Å². The molecule has 0 aliphatic rings. The number of anilines is 1. The molecule has 3 rings (SSSR count). The number of amides is 1. The SMILES string of the molecule is CN(C)c1ccc(C(=O)NCCc2cn3cc(Cl)ccc3n2)cc1. The Balaban J connectivity index is 1.57. The third-order valence-electron chi connectivity index (χ3n) is 3.78. The Labute approximate surface area is 145 Å². The molecule has 2 heterocycles. The van der Waals surface area contributed by atoms with E-state index >= 15 is 0 Å². The highest BCUT2D eigenvalue weighted by Crippen LogP contribution is 2.13. The summed E-state index contributed by atoms with van der Waals surface area (Å²) < 4.78 is 1.89. The van der Waals surface area contributed by atoms with Gasteiger partial charge in [-0.2, -0.15) is 0 Å². The summed E-state index contributed by atoms with van der Waals surface area (Å²) in [6, 6.07) is 11.2. The second-order valence-corrected chi connectivity index (χ2v) is 6.23. The molecule has 0 fully saturated rings. The van der Waals surface area contributed by atoms with E-state index in [0.29, 0.717) is 23.6 Å². The Morgan fingerprint density at radius 2 is 1.92 bits per heavy atom. The van der Waals surface area contributed by atoms with Crippen LogP contribution in [0.5, 0.6) is 0 Å². The van der Waals surface area contributed by atoms with E-state index in [4.69, 9.17) is 11.6 Å². The molecule has 0 radical (unpaired) electrons. The van der Waals surface area contributed by atoms with Crippen LogP contribution in [0.15, 0.2) is 48.8 Å². The van der Waals surface area contributed by atoms with Gasteiger partial charge in [-0.05, 0) is 36.4 Å². The van der Waals surface area contributed by atoms with Crippen molar-refractivity contribution in [2.24, 2.45) is 0 Å². The van der Waals surface area contributed by atoms with Crippen molar-refractivity contribution in [1.82, 2.24) is 14.7 Å². The van der Waals surface area contributed by atoms with Gasteiger partial charge in [0.15, 0.2) is 0 Å². The first-order valence-electron chi connectivity index (χ1n) is 7.71. The van der Waals surface area contributed by atoms with E-state index in [2.05, 4.69) is 10.3 Å². The number of hydrogen-bond acceptors (Lipinski definition) is 3. The van der Waals surface area contributed by atoms with Crippen molar-refractivity contribution in [3.05, 3.63) is 65.1 Å². The van der Waals surface area contributed by atoms with Crippen LogP contribution in [-0.4, -0.2) is 35.9 Å². The van der Waals surface area contributed by atoms with Gasteiger partial charge in [-0.15, -0.1) is 0 Å². The van der Waals surface area contributed by atoms with E-state index in [9.17, 15) is 4.79 Å². The summed E-state index contributed by atoms with van der Waals surface area (Å²) >= 11 is 5.96. The fourth-order valence-corrected chi connectivity index (χ4v) is 2.62. The van der Waals surface area contributed by atoms with Crippen LogP contribution in [0.25, 0.3) is 5.65 Å². The maximum absolute atomic E-state index is 12.2. The van der Waals surface area contributed by atoms with Crippen LogP contribution in [-0.2, 0) is 6.42 Å². The molecule has 0 bridgehead atoms. The Kier molecular flexibility index (Phi) is 4.71. The first-order valence-corrected chi connectivity index (χ1v) is 8.09. The molecule has 124 valence electrons. The maximum atomic E-state index is 12.2. The van der Waals surface area contributed by atoms with E-state index < -0.39 is 0 Å². The molecule has 24 heavy (non-hydrogen) atoms. The summed E-state index contributed by atoms with van der Waals surface area (Å²) in [5.74, 6) is -0.0767. The molecule has 3 aromatic rings. The predicted molar refractivity (Wildman–Crippen MR) is 97.0 cm³/mol. The van der Waals surface area contributed by atoms with Crippen molar-refractivity contribution in [3.8, 4) is 0 Å². The molecule has 0 aliphatic heterocycles. The number of carbonyl (C=O) groups is 1. The van der Waals surface area contributed by atoms with Crippen LogP contribution in [0.2, 0.25) is 5.02 Å². The summed E-state index contributed by atoms with van der Waals surface area (Å²) in [6.45, 7) is 0.534. The Morgan fingerprint density at radius 3 is 2.62 bits per heavy atom. The number of nitrogens with zero attached hydrogens (tertiary/aromatic N) is 3. The minimum atomic E-state index is -0.0767. The highest BCUT2D eigenvalue weighted by Gasteiger charge is 2.07. The summed E-state index contributed by atoms with van der Waals surface area (Å²) in [5, 5.41) is 3.59. The third-order valence-corrected chi connectivity index (χ3v) is 4.00. The lowest BCUT2D eigenvalue weighted by atomic mass is 10.2. The first-order chi connectivity index (χ1) is 11.5. The Morgan fingerprint density at radius 1 is 1.17 bits per heavy atom. The molecular weight excluding hydrogens is 324 g/mol. The zero-order chi connectivity index (χ0) is 17.1. The van der Waals surface area contributed by atoms with E-state index in [1.54, 1.807) is 0 Å². The van der Waals surface area contributed by atoms with Gasteiger partial charge >= 0.3 is 0 Å². The van der Waals surface area contributed by atoms with Crippen LogP contribution in [0.3, 0.4) is 0 Å². The number of rotatable bonds is 5. The van der Waals surface area contributed by atoms with Crippen LogP contribution in [0.1, 0.15) is 16.1 Å². The van der Waals surface area contributed by atoms with Crippen LogP contribution in [0.4, 0.5) is 5.69 Å². The van der Waals surface area contributed by atoms with Crippen molar-refractivity contribution >= 4 is 28.8 Å². The maximum Gasteiger partial charge on any atom is 0.251 e. The van der Waals surface area contributed by atoms with Crippen molar-refractivity contribution < 1.29 is 4.79 Å². The topological polar surface area (TPSA) is 49.6 Å². The molecular formula is C18H19ClN4O. The molecule has 6 heteroatoms. The van der Waals surface area contributed by atoms with Gasteiger partial charge < -0.3 is 14.6 Å². The second-order valence-electron chi connectivity index (χ2n) is 5.79. The molecule has 0 spiro atoms. The van der Waals surface area contributed by atoms with E-state index in [-0.39, 0.29) is 5.91 Å². The van der Waals surface area contributed by atoms with Gasteiger partial charge in [0.2, 0.25) is 0 Å². The fourth-order valence-electron chi connectivity index (χ4n) is 2.45. The fraction of sp³-hybridized carbons (Fsp3) is 0.222. The average Bonchev–Trinajstić information content (AvgIpc) is 2.96. The lowest BCUT2D eigenvalue weighted by molar-refractivity contribution is 0.0954. The zero-order valence-electron chi connectivity index (χ0n) is 13.7. The Bertz CT molecular complexity index is 855. The van der Waals surface area contributed by atoms with E-state index in [1.807, 2.05) is 72.2 Å². The standard InChI is InChI=1S/C18H19ClN4O/c1-22(2)16-6-3-13(4-7-16)18(24)20-10-9-15-12-23-11-14(19)5-8-17(23)21-15/h3-8,11-12H,9-10H2,1-2H3,(H,20,24). The lowest BCUT2D eigenvalue weighted by Gasteiger charge is -2.12. The zero-order valence-corrected chi connectivity index (χ0v) is 14.4. The summed E-state index contributed by atoms with van der Waals surface area (Å²) in [5.41, 5.74) is 3.48. The van der Waals surface area contributed by atoms with Crippen LogP contribution < -0.4 is 10.2 Å². The number of imidazole rings is 1. The number of halogens is 1. The molecule has 0 atom stereocenters. The van der Waals surface area contributed by atoms with Crippen LogP contribution in [0, 0.1) is 0 Å². The number of carbonyl (C=O) groups excluding carboxylic acids is 1. The summed E-state index contributed by atoms with van der Waals surface area (Å²) in [6.07, 6.45) is 4.42. The third kappa shape index (κ3) is 3.68. The van der Waals surface area contributed by atoms with Crippen molar-refractivity contribution in [2.75, 3.05) is 25.5 Å².